The summed E-state index contributed by atoms with van der Waals surface area (Å²) in [5, 5.41) is 44.7. The first kappa shape index (κ1) is 27.1. The van der Waals surface area contributed by atoms with Crippen molar-refractivity contribution < 1.29 is 34.8 Å². The third kappa shape index (κ3) is 4.20. The number of carbonyl (C=O) groups is 3. The van der Waals surface area contributed by atoms with Crippen LogP contribution in [0.4, 0.5) is 0 Å². The Hall–Kier alpha value is -2.97. The van der Waals surface area contributed by atoms with Crippen LogP contribution in [0.25, 0.3) is 5.76 Å². The topological polar surface area (TPSA) is 135 Å². The number of aliphatic hydroxyl groups excluding tert-OH is 2. The third-order valence-corrected chi connectivity index (χ3v) is 8.18. The third-order valence-electron chi connectivity index (χ3n) is 8.18. The first-order valence-corrected chi connectivity index (χ1v) is 12.8. The number of likely N-dealkylation sites (N-methyl/N-ethyl adjacent to an activating group) is 1. The minimum absolute atomic E-state index is 0.0882. The number of nitrogens with zero attached hydrogens (tertiary/aromatic N) is 1. The molecule has 0 amide bonds. The predicted molar refractivity (Wildman–Crippen MR) is 138 cm³/mol. The summed E-state index contributed by atoms with van der Waals surface area (Å²) in [5.74, 6) is -5.42. The van der Waals surface area contributed by atoms with Crippen LogP contribution in [-0.4, -0.2) is 68.4 Å². The maximum atomic E-state index is 13.9. The van der Waals surface area contributed by atoms with Crippen LogP contribution in [0.1, 0.15) is 63.6 Å². The zero-order chi connectivity index (χ0) is 27.6. The van der Waals surface area contributed by atoms with E-state index in [-0.39, 0.29) is 28.7 Å². The minimum Gasteiger partial charge on any atom is -0.508 e. The van der Waals surface area contributed by atoms with Gasteiger partial charge in [-0.1, -0.05) is 26.8 Å². The standard InChI is InChI=1S/C29H37NO7/c1-14(31)20-25(34)23(30(5)6)18-13-16-12-17-15(8-7-11-28(2,3)4)9-10-19(32)22(17)24(33)21(16)27(36)29(18,37)26(20)35/h9-10,16,18,23,32-33,35,37H,7-8,11-13H2,1-6H3/t16-,18-,23-,29+/m0/s1. The average molecular weight is 512 g/mol. The summed E-state index contributed by atoms with van der Waals surface area (Å²) in [4.78, 5) is 41.0. The Morgan fingerprint density at radius 2 is 1.78 bits per heavy atom. The van der Waals surface area contributed by atoms with Gasteiger partial charge in [-0.15, -0.1) is 0 Å². The first-order chi connectivity index (χ1) is 17.1. The van der Waals surface area contributed by atoms with Gasteiger partial charge in [-0.25, -0.2) is 0 Å². The number of aromatic hydroxyl groups is 1. The molecule has 200 valence electrons. The molecule has 0 bridgehead atoms. The molecule has 37 heavy (non-hydrogen) atoms. The van der Waals surface area contributed by atoms with Gasteiger partial charge in [-0.2, -0.15) is 0 Å². The van der Waals surface area contributed by atoms with Crippen molar-refractivity contribution in [2.24, 2.45) is 17.3 Å². The van der Waals surface area contributed by atoms with Gasteiger partial charge >= 0.3 is 0 Å². The number of hydrogen-bond acceptors (Lipinski definition) is 8. The van der Waals surface area contributed by atoms with Crippen molar-refractivity contribution in [1.82, 2.24) is 4.90 Å². The smallest absolute Gasteiger partial charge is 0.202 e. The van der Waals surface area contributed by atoms with E-state index in [9.17, 15) is 34.8 Å². The van der Waals surface area contributed by atoms with Crippen molar-refractivity contribution >= 4 is 23.1 Å². The van der Waals surface area contributed by atoms with Gasteiger partial charge in [0.25, 0.3) is 0 Å². The Morgan fingerprint density at radius 3 is 2.35 bits per heavy atom. The van der Waals surface area contributed by atoms with E-state index < -0.39 is 57.9 Å². The normalized spacial score (nSPS) is 27.8. The summed E-state index contributed by atoms with van der Waals surface area (Å²) in [6, 6.07) is 2.33. The number of rotatable bonds is 5. The number of carbonyl (C=O) groups excluding carboxylic acids is 3. The van der Waals surface area contributed by atoms with Crippen molar-refractivity contribution in [3.63, 3.8) is 0 Å². The quantitative estimate of drug-likeness (QED) is 0.442. The van der Waals surface area contributed by atoms with Crippen molar-refractivity contribution in [1.29, 1.82) is 0 Å². The fourth-order valence-corrected chi connectivity index (χ4v) is 6.45. The summed E-state index contributed by atoms with van der Waals surface area (Å²) >= 11 is 0. The Balaban J connectivity index is 1.86. The molecule has 1 saturated carbocycles. The number of hydrogen-bond donors (Lipinski definition) is 4. The van der Waals surface area contributed by atoms with Gasteiger partial charge in [-0.05, 0) is 81.6 Å². The second kappa shape index (κ2) is 9.10. The molecule has 8 nitrogen and oxygen atoms in total. The molecule has 4 rings (SSSR count). The summed E-state index contributed by atoms with van der Waals surface area (Å²) in [7, 11) is 3.25. The highest BCUT2D eigenvalue weighted by Crippen LogP contribution is 2.53. The Labute approximate surface area is 217 Å². The number of aliphatic hydroxyl groups is 3. The lowest BCUT2D eigenvalue weighted by Gasteiger charge is -2.50. The van der Waals surface area contributed by atoms with E-state index in [1.165, 1.54) is 6.07 Å². The fraction of sp³-hybridized carbons (Fsp3) is 0.552. The highest BCUT2D eigenvalue weighted by Gasteiger charge is 2.64. The monoisotopic (exact) mass is 511 g/mol. The van der Waals surface area contributed by atoms with Crippen molar-refractivity contribution in [2.45, 2.75) is 71.4 Å². The lowest BCUT2D eigenvalue weighted by atomic mass is 9.57. The highest BCUT2D eigenvalue weighted by atomic mass is 16.3. The highest BCUT2D eigenvalue weighted by molar-refractivity contribution is 6.25. The number of ketones is 3. The van der Waals surface area contributed by atoms with Crippen LogP contribution >= 0.6 is 0 Å². The van der Waals surface area contributed by atoms with Gasteiger partial charge in [0.05, 0.1) is 11.6 Å². The van der Waals surface area contributed by atoms with Crippen molar-refractivity contribution in [2.75, 3.05) is 14.1 Å². The molecule has 4 atom stereocenters. The van der Waals surface area contributed by atoms with Gasteiger partial charge in [0.15, 0.2) is 17.2 Å². The summed E-state index contributed by atoms with van der Waals surface area (Å²) in [6.45, 7) is 7.61. The van der Waals surface area contributed by atoms with Gasteiger partial charge in [0.2, 0.25) is 5.78 Å². The molecule has 0 heterocycles. The van der Waals surface area contributed by atoms with Crippen LogP contribution in [-0.2, 0) is 27.2 Å². The van der Waals surface area contributed by atoms with Gasteiger partial charge in [0, 0.05) is 11.5 Å². The van der Waals surface area contributed by atoms with Crippen LogP contribution in [0.5, 0.6) is 5.75 Å². The summed E-state index contributed by atoms with van der Waals surface area (Å²) < 4.78 is 0. The molecule has 1 aromatic rings. The lowest BCUT2D eigenvalue weighted by Crippen LogP contribution is -2.65. The van der Waals surface area contributed by atoms with E-state index in [0.717, 1.165) is 37.3 Å². The number of aryl methyl sites for hydroxylation is 1. The Kier molecular flexibility index (Phi) is 6.66. The molecular weight excluding hydrogens is 474 g/mol. The molecule has 3 aliphatic carbocycles. The van der Waals surface area contributed by atoms with E-state index in [1.807, 2.05) is 6.07 Å². The molecule has 0 aliphatic heterocycles. The second-order valence-electron chi connectivity index (χ2n) is 12.2. The maximum Gasteiger partial charge on any atom is 0.202 e. The van der Waals surface area contributed by atoms with Gasteiger partial charge < -0.3 is 20.4 Å². The maximum absolute atomic E-state index is 13.9. The van der Waals surface area contributed by atoms with Gasteiger partial charge in [-0.3, -0.25) is 19.3 Å². The second-order valence-corrected chi connectivity index (χ2v) is 12.2. The minimum atomic E-state index is -2.54. The molecular formula is C29H37NO7. The molecule has 4 N–H and O–H groups in total. The SMILES string of the molecule is CC(=O)C1=C(O)[C@@]2(O)C(=O)C3=C(O)c4c(O)ccc(CCCC(C)(C)C)c4C[C@H]3C[C@H]2[C@H](N(C)C)C1=O. The fourth-order valence-electron chi connectivity index (χ4n) is 6.45. The molecule has 0 aromatic heterocycles. The first-order valence-electron chi connectivity index (χ1n) is 12.8. The molecule has 1 aromatic carbocycles. The Morgan fingerprint density at radius 1 is 1.14 bits per heavy atom. The zero-order valence-corrected chi connectivity index (χ0v) is 22.4. The van der Waals surface area contributed by atoms with E-state index in [0.29, 0.717) is 6.42 Å². The van der Waals surface area contributed by atoms with Crippen molar-refractivity contribution in [3.8, 4) is 5.75 Å². The van der Waals surface area contributed by atoms with E-state index in [1.54, 1.807) is 19.0 Å². The molecule has 3 aliphatic rings. The number of fused-ring (bicyclic) bond motifs is 3. The lowest BCUT2D eigenvalue weighted by molar-refractivity contribution is -0.153. The molecule has 0 spiro atoms. The molecule has 8 heteroatoms. The van der Waals surface area contributed by atoms with Gasteiger partial charge in [0.1, 0.15) is 22.8 Å². The van der Waals surface area contributed by atoms with Crippen molar-refractivity contribution in [3.05, 3.63) is 45.7 Å². The molecule has 0 unspecified atom stereocenters. The van der Waals surface area contributed by atoms with Crippen LogP contribution < -0.4 is 0 Å². The summed E-state index contributed by atoms with van der Waals surface area (Å²) in [5.41, 5.74) is -1.16. The number of phenolic OH excluding ortho intramolecular Hbond substituents is 1. The number of phenols is 1. The zero-order valence-electron chi connectivity index (χ0n) is 22.4. The van der Waals surface area contributed by atoms with Crippen LogP contribution in [0, 0.1) is 17.3 Å². The Bertz CT molecular complexity index is 1250. The van der Waals surface area contributed by atoms with Crippen LogP contribution in [0.2, 0.25) is 0 Å². The summed E-state index contributed by atoms with van der Waals surface area (Å²) in [6.07, 6.45) is 3.10. The van der Waals surface area contributed by atoms with Crippen LogP contribution in [0.15, 0.2) is 29.0 Å². The largest absolute Gasteiger partial charge is 0.508 e. The van der Waals surface area contributed by atoms with Crippen LogP contribution in [0.3, 0.4) is 0 Å². The number of benzene rings is 1. The van der Waals surface area contributed by atoms with E-state index in [2.05, 4.69) is 20.8 Å². The molecule has 1 fully saturated rings. The number of Topliss-reactive ketones (excluding diaryl/α,β-unsaturated/α-hetero) is 3. The molecule has 0 radical (unpaired) electrons. The van der Waals surface area contributed by atoms with E-state index >= 15 is 0 Å². The van der Waals surface area contributed by atoms with E-state index in [4.69, 9.17) is 0 Å². The predicted octanol–water partition coefficient (Wildman–Crippen LogP) is 3.44. The average Bonchev–Trinajstić information content (AvgIpc) is 2.76. The molecule has 0 saturated heterocycles.